The van der Waals surface area contributed by atoms with Gasteiger partial charge in [-0.3, -0.25) is 19.7 Å². The molecule has 0 saturated carbocycles. The van der Waals surface area contributed by atoms with Crippen molar-refractivity contribution >= 4 is 23.1 Å². The highest BCUT2D eigenvalue weighted by atomic mass is 16.6. The van der Waals surface area contributed by atoms with E-state index in [0.29, 0.717) is 12.4 Å². The predicted octanol–water partition coefficient (Wildman–Crippen LogP) is 2.41. The van der Waals surface area contributed by atoms with E-state index in [1.54, 1.807) is 12.1 Å². The minimum absolute atomic E-state index is 0.0719. The van der Waals surface area contributed by atoms with Gasteiger partial charge < -0.3 is 19.8 Å². The second-order valence-corrected chi connectivity index (χ2v) is 6.49. The third kappa shape index (κ3) is 3.74. The van der Waals surface area contributed by atoms with Crippen LogP contribution in [0.25, 0.3) is 5.76 Å². The maximum absolute atomic E-state index is 12.8. The molecule has 1 heterocycles. The molecule has 2 aromatic carbocycles. The van der Waals surface area contributed by atoms with Crippen LogP contribution in [0.15, 0.2) is 54.1 Å². The Kier molecular flexibility index (Phi) is 6.12. The quantitative estimate of drug-likeness (QED) is 0.235. The molecule has 9 heteroatoms. The summed E-state index contributed by atoms with van der Waals surface area (Å²) in [5, 5.41) is 31.8. The van der Waals surface area contributed by atoms with E-state index in [1.165, 1.54) is 36.4 Å². The maximum Gasteiger partial charge on any atom is 0.295 e. The van der Waals surface area contributed by atoms with Crippen LogP contribution < -0.4 is 4.74 Å². The van der Waals surface area contributed by atoms with Crippen molar-refractivity contribution in [2.45, 2.75) is 13.0 Å². The lowest BCUT2D eigenvalue weighted by molar-refractivity contribution is -0.385. The molecule has 0 aromatic heterocycles. The fourth-order valence-corrected chi connectivity index (χ4v) is 3.46. The van der Waals surface area contributed by atoms with Gasteiger partial charge in [0.25, 0.3) is 17.4 Å². The highest BCUT2D eigenvalue weighted by Gasteiger charge is 2.47. The Labute approximate surface area is 172 Å². The molecule has 3 rings (SSSR count). The molecule has 1 aliphatic rings. The molecule has 1 atom stereocenters. The maximum atomic E-state index is 12.8. The van der Waals surface area contributed by atoms with Gasteiger partial charge in [0.2, 0.25) is 0 Å². The molecule has 30 heavy (non-hydrogen) atoms. The van der Waals surface area contributed by atoms with Crippen LogP contribution >= 0.6 is 0 Å². The topological polar surface area (TPSA) is 130 Å². The summed E-state index contributed by atoms with van der Waals surface area (Å²) in [5.74, 6) is -1.82. The van der Waals surface area contributed by atoms with Crippen molar-refractivity contribution < 1.29 is 29.5 Å². The van der Waals surface area contributed by atoms with Crippen LogP contribution in [0.2, 0.25) is 0 Å². The van der Waals surface area contributed by atoms with E-state index in [0.717, 1.165) is 4.90 Å². The van der Waals surface area contributed by atoms with E-state index in [2.05, 4.69) is 0 Å². The van der Waals surface area contributed by atoms with Crippen molar-refractivity contribution in [1.29, 1.82) is 0 Å². The van der Waals surface area contributed by atoms with Crippen molar-refractivity contribution in [2.24, 2.45) is 0 Å². The van der Waals surface area contributed by atoms with E-state index in [4.69, 9.17) is 4.74 Å². The van der Waals surface area contributed by atoms with Crippen molar-refractivity contribution in [3.63, 3.8) is 0 Å². The van der Waals surface area contributed by atoms with E-state index in [1.807, 2.05) is 6.92 Å². The molecule has 0 spiro atoms. The van der Waals surface area contributed by atoms with E-state index < -0.39 is 35.0 Å². The fraction of sp³-hybridized carbons (Fsp3) is 0.238. The summed E-state index contributed by atoms with van der Waals surface area (Å²) in [4.78, 5) is 37.3. The number of benzene rings is 2. The molecule has 1 unspecified atom stereocenters. The number of nitrogens with zero attached hydrogens (tertiary/aromatic N) is 2. The number of hydrogen-bond acceptors (Lipinski definition) is 7. The summed E-state index contributed by atoms with van der Waals surface area (Å²) in [6.07, 6.45) is 0. The molecule has 1 amide bonds. The molecule has 1 saturated heterocycles. The summed E-state index contributed by atoms with van der Waals surface area (Å²) in [6, 6.07) is 10.7. The zero-order valence-corrected chi connectivity index (χ0v) is 16.1. The number of Topliss-reactive ketones (excluding diaryl/α,β-unsaturated/α-hetero) is 1. The monoisotopic (exact) mass is 412 g/mol. The number of ether oxygens (including phenoxy) is 1. The van der Waals surface area contributed by atoms with Crippen LogP contribution in [-0.4, -0.2) is 51.5 Å². The van der Waals surface area contributed by atoms with Gasteiger partial charge in [-0.2, -0.15) is 0 Å². The number of rotatable bonds is 7. The van der Waals surface area contributed by atoms with Crippen molar-refractivity contribution in [1.82, 2.24) is 4.90 Å². The summed E-state index contributed by atoms with van der Waals surface area (Å²) in [7, 11) is 0. The van der Waals surface area contributed by atoms with Crippen LogP contribution in [-0.2, 0) is 9.59 Å². The van der Waals surface area contributed by atoms with E-state index in [9.17, 15) is 29.9 Å². The standard InChI is InChI=1S/C21H20N2O7/c1-2-30-14-9-7-13(8-10-14)19(25)17-18(22(11-12-24)21(27)20(17)26)15-5-3-4-6-16(15)23(28)29/h3-10,18,24-25H,2,11-12H2,1H3/b19-17-. The number of carbonyl (C=O) groups excluding carboxylic acids is 2. The van der Waals surface area contributed by atoms with Crippen LogP contribution in [0.3, 0.4) is 0 Å². The summed E-state index contributed by atoms with van der Waals surface area (Å²) >= 11 is 0. The lowest BCUT2D eigenvalue weighted by Crippen LogP contribution is -2.32. The van der Waals surface area contributed by atoms with Crippen molar-refractivity contribution in [3.05, 3.63) is 75.3 Å². The first-order valence-corrected chi connectivity index (χ1v) is 9.26. The zero-order chi connectivity index (χ0) is 21.8. The Morgan fingerprint density at radius 2 is 1.83 bits per heavy atom. The van der Waals surface area contributed by atoms with Gasteiger partial charge in [0.1, 0.15) is 11.5 Å². The molecule has 9 nitrogen and oxygen atoms in total. The Morgan fingerprint density at radius 3 is 2.43 bits per heavy atom. The molecule has 2 aromatic rings. The molecular formula is C21H20N2O7. The molecule has 2 N–H and O–H groups in total. The van der Waals surface area contributed by atoms with Crippen LogP contribution in [0, 0.1) is 10.1 Å². The molecule has 0 aliphatic carbocycles. The van der Waals surface area contributed by atoms with Crippen LogP contribution in [0.1, 0.15) is 24.1 Å². The van der Waals surface area contributed by atoms with Gasteiger partial charge in [-0.1, -0.05) is 12.1 Å². The van der Waals surface area contributed by atoms with Crippen LogP contribution in [0.4, 0.5) is 5.69 Å². The third-order valence-electron chi connectivity index (χ3n) is 4.75. The number of amides is 1. The van der Waals surface area contributed by atoms with Gasteiger partial charge in [-0.25, -0.2) is 0 Å². The minimum Gasteiger partial charge on any atom is -0.507 e. The first-order valence-electron chi connectivity index (χ1n) is 9.26. The first-order chi connectivity index (χ1) is 14.4. The number of nitro groups is 1. The second kappa shape index (κ2) is 8.75. The molecule has 1 fully saturated rings. The second-order valence-electron chi connectivity index (χ2n) is 6.49. The number of nitro benzene ring substituents is 1. The number of hydrogen-bond donors (Lipinski definition) is 2. The van der Waals surface area contributed by atoms with Gasteiger partial charge >= 0.3 is 0 Å². The Bertz CT molecular complexity index is 1010. The van der Waals surface area contributed by atoms with Gasteiger partial charge in [0, 0.05) is 18.2 Å². The van der Waals surface area contributed by atoms with Gasteiger partial charge in [0.15, 0.2) is 0 Å². The third-order valence-corrected chi connectivity index (χ3v) is 4.75. The highest BCUT2D eigenvalue weighted by Crippen LogP contribution is 2.42. The SMILES string of the molecule is CCOc1ccc(/C(O)=C2/C(=O)C(=O)N(CCO)C2c2ccccc2[N+](=O)[O-])cc1. The number of para-hydroxylation sites is 1. The van der Waals surface area contributed by atoms with Crippen molar-refractivity contribution in [3.8, 4) is 5.75 Å². The Balaban J connectivity index is 2.19. The average molecular weight is 412 g/mol. The smallest absolute Gasteiger partial charge is 0.295 e. The average Bonchev–Trinajstić information content (AvgIpc) is 2.99. The van der Waals surface area contributed by atoms with E-state index >= 15 is 0 Å². The number of aliphatic hydroxyl groups excluding tert-OH is 2. The number of carbonyl (C=O) groups is 2. The lowest BCUT2D eigenvalue weighted by atomic mass is 9.94. The molecule has 1 aliphatic heterocycles. The predicted molar refractivity (Wildman–Crippen MR) is 107 cm³/mol. The minimum atomic E-state index is -1.20. The number of aliphatic hydroxyl groups is 2. The first kappa shape index (κ1) is 21.0. The van der Waals surface area contributed by atoms with Gasteiger partial charge in [-0.05, 0) is 37.3 Å². The normalized spacial score (nSPS) is 17.9. The largest absolute Gasteiger partial charge is 0.507 e. The van der Waals surface area contributed by atoms with Gasteiger partial charge in [0.05, 0.1) is 35.3 Å². The summed E-state index contributed by atoms with van der Waals surface area (Å²) in [6.45, 7) is 1.60. The fourth-order valence-electron chi connectivity index (χ4n) is 3.46. The zero-order valence-electron chi connectivity index (χ0n) is 16.1. The Morgan fingerprint density at radius 1 is 1.17 bits per heavy atom. The Hall–Kier alpha value is -3.72. The summed E-state index contributed by atoms with van der Waals surface area (Å²) in [5.41, 5.74) is -0.247. The summed E-state index contributed by atoms with van der Waals surface area (Å²) < 4.78 is 5.36. The molecule has 0 bridgehead atoms. The highest BCUT2D eigenvalue weighted by molar-refractivity contribution is 6.46. The van der Waals surface area contributed by atoms with Crippen molar-refractivity contribution in [2.75, 3.05) is 19.8 Å². The van der Waals surface area contributed by atoms with E-state index in [-0.39, 0.29) is 28.9 Å². The lowest BCUT2D eigenvalue weighted by Gasteiger charge is -2.24. The number of ketones is 1. The molecule has 156 valence electrons. The van der Waals surface area contributed by atoms with Crippen LogP contribution in [0.5, 0.6) is 5.75 Å². The number of β-amino-alcohol motifs (C(OH)–C–C–N with tert-alkyl or cyclic N) is 1. The molecule has 0 radical (unpaired) electrons. The van der Waals surface area contributed by atoms with Gasteiger partial charge in [-0.15, -0.1) is 0 Å². The number of likely N-dealkylation sites (tertiary alicyclic amines) is 1. The molecular weight excluding hydrogens is 392 g/mol.